The molecular weight excluding hydrogens is 176 g/mol. The number of fused-ring (bicyclic) bond motifs is 1. The number of carbonyl (C=O) groups excluding carboxylic acids is 1. The number of rotatable bonds is 1. The second-order valence-electron chi connectivity index (χ2n) is 3.50. The number of aliphatic imine (C=N–C) groups is 1. The van der Waals surface area contributed by atoms with Crippen molar-refractivity contribution in [2.45, 2.75) is 19.8 Å². The van der Waals surface area contributed by atoms with Crippen LogP contribution >= 0.6 is 0 Å². The van der Waals surface area contributed by atoms with Crippen molar-refractivity contribution in [3.8, 4) is 0 Å². The second kappa shape index (κ2) is 3.64. The SMILES string of the molecule is Cc1ccc2c(c1N=C=O)NCCC2. The number of hydrogen-bond donors (Lipinski definition) is 1. The summed E-state index contributed by atoms with van der Waals surface area (Å²) >= 11 is 0. The fourth-order valence-corrected chi connectivity index (χ4v) is 1.82. The molecule has 0 radical (unpaired) electrons. The van der Waals surface area contributed by atoms with Gasteiger partial charge in [0.15, 0.2) is 0 Å². The van der Waals surface area contributed by atoms with Crippen LogP contribution in [0.2, 0.25) is 0 Å². The quantitative estimate of drug-likeness (QED) is 0.542. The molecule has 0 aromatic heterocycles. The summed E-state index contributed by atoms with van der Waals surface area (Å²) in [4.78, 5) is 14.0. The van der Waals surface area contributed by atoms with Crippen LogP contribution in [-0.4, -0.2) is 12.6 Å². The van der Waals surface area contributed by atoms with Crippen LogP contribution in [-0.2, 0) is 11.2 Å². The van der Waals surface area contributed by atoms with Crippen molar-refractivity contribution in [2.75, 3.05) is 11.9 Å². The maximum atomic E-state index is 10.3. The maximum absolute atomic E-state index is 10.3. The van der Waals surface area contributed by atoms with Gasteiger partial charge >= 0.3 is 0 Å². The highest BCUT2D eigenvalue weighted by molar-refractivity contribution is 5.75. The van der Waals surface area contributed by atoms with E-state index in [1.807, 2.05) is 13.0 Å². The van der Waals surface area contributed by atoms with E-state index in [9.17, 15) is 4.79 Å². The van der Waals surface area contributed by atoms with Crippen molar-refractivity contribution in [3.63, 3.8) is 0 Å². The Kier molecular flexibility index (Phi) is 2.33. The molecule has 14 heavy (non-hydrogen) atoms. The number of benzene rings is 1. The van der Waals surface area contributed by atoms with E-state index in [4.69, 9.17) is 0 Å². The highest BCUT2D eigenvalue weighted by Crippen LogP contribution is 2.34. The summed E-state index contributed by atoms with van der Waals surface area (Å²) < 4.78 is 0. The standard InChI is InChI=1S/C11H12N2O/c1-8-4-5-9-3-2-6-12-11(9)10(8)13-7-14/h4-5,12H,2-3,6H2,1H3. The lowest BCUT2D eigenvalue weighted by Crippen LogP contribution is -2.11. The maximum Gasteiger partial charge on any atom is 0.240 e. The molecule has 2 rings (SSSR count). The fourth-order valence-electron chi connectivity index (χ4n) is 1.82. The molecule has 0 bridgehead atoms. The van der Waals surface area contributed by atoms with E-state index >= 15 is 0 Å². The van der Waals surface area contributed by atoms with Crippen molar-refractivity contribution in [3.05, 3.63) is 23.3 Å². The average molecular weight is 188 g/mol. The first-order chi connectivity index (χ1) is 6.83. The molecule has 3 nitrogen and oxygen atoms in total. The third kappa shape index (κ3) is 1.42. The molecular formula is C11H12N2O. The molecule has 1 aliphatic heterocycles. The molecule has 72 valence electrons. The first kappa shape index (κ1) is 8.97. The summed E-state index contributed by atoms with van der Waals surface area (Å²) in [5.74, 6) is 0. The summed E-state index contributed by atoms with van der Waals surface area (Å²) in [6, 6.07) is 4.10. The zero-order valence-corrected chi connectivity index (χ0v) is 8.13. The molecule has 3 heteroatoms. The van der Waals surface area contributed by atoms with Gasteiger partial charge in [-0.05, 0) is 30.9 Å². The zero-order valence-electron chi connectivity index (χ0n) is 8.13. The Morgan fingerprint density at radius 3 is 3.14 bits per heavy atom. The van der Waals surface area contributed by atoms with E-state index < -0.39 is 0 Å². The van der Waals surface area contributed by atoms with Crippen LogP contribution in [0.5, 0.6) is 0 Å². The predicted octanol–water partition coefficient (Wildman–Crippen LogP) is 2.32. The van der Waals surface area contributed by atoms with Crippen LogP contribution in [0.25, 0.3) is 0 Å². The molecule has 0 saturated heterocycles. The van der Waals surface area contributed by atoms with Crippen molar-refractivity contribution in [1.29, 1.82) is 0 Å². The molecule has 0 unspecified atom stereocenters. The fraction of sp³-hybridized carbons (Fsp3) is 0.364. The average Bonchev–Trinajstić information content (AvgIpc) is 2.23. The van der Waals surface area contributed by atoms with Gasteiger partial charge in [-0.3, -0.25) is 0 Å². The largest absolute Gasteiger partial charge is 0.383 e. The molecule has 1 heterocycles. The lowest BCUT2D eigenvalue weighted by atomic mass is 10.00. The smallest absolute Gasteiger partial charge is 0.240 e. The Morgan fingerprint density at radius 2 is 2.36 bits per heavy atom. The van der Waals surface area contributed by atoms with Gasteiger partial charge in [0.05, 0.1) is 5.69 Å². The summed E-state index contributed by atoms with van der Waals surface area (Å²) in [6.07, 6.45) is 3.81. The Labute approximate surface area is 82.9 Å². The Balaban J connectivity index is 2.60. The van der Waals surface area contributed by atoms with Crippen molar-refractivity contribution < 1.29 is 4.79 Å². The molecule has 1 aromatic rings. The van der Waals surface area contributed by atoms with E-state index in [0.717, 1.165) is 36.3 Å². The number of hydrogen-bond acceptors (Lipinski definition) is 3. The van der Waals surface area contributed by atoms with Crippen molar-refractivity contribution in [2.24, 2.45) is 4.99 Å². The highest BCUT2D eigenvalue weighted by atomic mass is 16.1. The van der Waals surface area contributed by atoms with E-state index in [1.54, 1.807) is 6.08 Å². The third-order valence-corrected chi connectivity index (χ3v) is 2.55. The molecule has 0 atom stereocenters. The van der Waals surface area contributed by atoms with Crippen LogP contribution in [0.1, 0.15) is 17.5 Å². The molecule has 0 fully saturated rings. The van der Waals surface area contributed by atoms with Gasteiger partial charge < -0.3 is 5.32 Å². The Hall–Kier alpha value is -1.60. The lowest BCUT2D eigenvalue weighted by Gasteiger charge is -2.20. The van der Waals surface area contributed by atoms with E-state index in [2.05, 4.69) is 16.4 Å². The van der Waals surface area contributed by atoms with Crippen molar-refractivity contribution >= 4 is 17.5 Å². The summed E-state index contributed by atoms with van der Waals surface area (Å²) in [5.41, 5.74) is 4.02. The summed E-state index contributed by atoms with van der Waals surface area (Å²) in [5, 5.41) is 3.28. The molecule has 0 saturated carbocycles. The summed E-state index contributed by atoms with van der Waals surface area (Å²) in [7, 11) is 0. The third-order valence-electron chi connectivity index (χ3n) is 2.55. The first-order valence-electron chi connectivity index (χ1n) is 4.77. The lowest BCUT2D eigenvalue weighted by molar-refractivity contribution is 0.565. The minimum Gasteiger partial charge on any atom is -0.383 e. The van der Waals surface area contributed by atoms with Gasteiger partial charge in [-0.15, -0.1) is 0 Å². The summed E-state index contributed by atoms with van der Waals surface area (Å²) in [6.45, 7) is 2.91. The predicted molar refractivity (Wildman–Crippen MR) is 55.8 cm³/mol. The number of anilines is 1. The Morgan fingerprint density at radius 1 is 1.50 bits per heavy atom. The molecule has 1 aromatic carbocycles. The van der Waals surface area contributed by atoms with Gasteiger partial charge in [-0.2, -0.15) is 4.99 Å². The second-order valence-corrected chi connectivity index (χ2v) is 3.50. The molecule has 0 spiro atoms. The monoisotopic (exact) mass is 188 g/mol. The molecule has 0 amide bonds. The number of nitrogens with zero attached hydrogens (tertiary/aromatic N) is 1. The van der Waals surface area contributed by atoms with E-state index in [-0.39, 0.29) is 0 Å². The number of nitrogens with one attached hydrogen (secondary N) is 1. The molecule has 1 N–H and O–H groups in total. The van der Waals surface area contributed by atoms with Crippen LogP contribution in [0.3, 0.4) is 0 Å². The normalized spacial score (nSPS) is 13.8. The van der Waals surface area contributed by atoms with Gasteiger partial charge in [-0.1, -0.05) is 12.1 Å². The molecule has 1 aliphatic rings. The zero-order chi connectivity index (χ0) is 9.97. The topological polar surface area (TPSA) is 41.5 Å². The minimum absolute atomic E-state index is 0.747. The van der Waals surface area contributed by atoms with Gasteiger partial charge in [-0.25, -0.2) is 4.79 Å². The van der Waals surface area contributed by atoms with Crippen LogP contribution in [0.4, 0.5) is 11.4 Å². The van der Waals surface area contributed by atoms with Gasteiger partial charge in [0.1, 0.15) is 5.69 Å². The molecule has 0 aliphatic carbocycles. The van der Waals surface area contributed by atoms with E-state index in [0.29, 0.717) is 0 Å². The first-order valence-corrected chi connectivity index (χ1v) is 4.77. The minimum atomic E-state index is 0.747. The van der Waals surface area contributed by atoms with Crippen molar-refractivity contribution in [1.82, 2.24) is 0 Å². The van der Waals surface area contributed by atoms with Gasteiger partial charge in [0, 0.05) is 6.54 Å². The van der Waals surface area contributed by atoms with Gasteiger partial charge in [0.25, 0.3) is 0 Å². The van der Waals surface area contributed by atoms with E-state index in [1.165, 1.54) is 5.56 Å². The number of aryl methyl sites for hydroxylation is 2. The Bertz CT molecular complexity index is 406. The number of isocyanates is 1. The van der Waals surface area contributed by atoms with Crippen LogP contribution in [0.15, 0.2) is 17.1 Å². The highest BCUT2D eigenvalue weighted by Gasteiger charge is 2.13. The van der Waals surface area contributed by atoms with Crippen LogP contribution < -0.4 is 5.32 Å². The van der Waals surface area contributed by atoms with Gasteiger partial charge in [0.2, 0.25) is 6.08 Å². The van der Waals surface area contributed by atoms with Crippen LogP contribution in [0, 0.1) is 6.92 Å².